The molecule has 0 aliphatic rings. The van der Waals surface area contributed by atoms with Crippen molar-refractivity contribution in [2.24, 2.45) is 7.05 Å². The van der Waals surface area contributed by atoms with E-state index in [4.69, 9.17) is 0 Å². The molecule has 0 bridgehead atoms. The van der Waals surface area contributed by atoms with Crippen molar-refractivity contribution in [3.8, 4) is 11.3 Å². The van der Waals surface area contributed by atoms with E-state index < -0.39 is 0 Å². The summed E-state index contributed by atoms with van der Waals surface area (Å²) in [5, 5.41) is 4.32. The Kier molecular flexibility index (Phi) is 2.50. The Morgan fingerprint density at radius 1 is 1.25 bits per heavy atom. The molecule has 84 valence electrons. The molecule has 4 heteroatoms. The van der Waals surface area contributed by atoms with E-state index >= 15 is 0 Å². The van der Waals surface area contributed by atoms with Gasteiger partial charge in [-0.15, -0.1) is 0 Å². The van der Waals surface area contributed by atoms with Crippen LogP contribution in [-0.2, 0) is 12.5 Å². The zero-order valence-corrected chi connectivity index (χ0v) is 10.1. The van der Waals surface area contributed by atoms with Crippen molar-refractivity contribution in [2.45, 2.75) is 26.2 Å². The summed E-state index contributed by atoms with van der Waals surface area (Å²) in [6.07, 6.45) is 5.18. The second kappa shape index (κ2) is 3.70. The second-order valence-corrected chi connectivity index (χ2v) is 4.88. The van der Waals surface area contributed by atoms with Crippen LogP contribution in [0.2, 0.25) is 0 Å². The summed E-state index contributed by atoms with van der Waals surface area (Å²) in [7, 11) is 1.96. The molecule has 2 rings (SSSR count). The highest BCUT2D eigenvalue weighted by Gasteiger charge is 2.23. The van der Waals surface area contributed by atoms with Crippen LogP contribution in [0.5, 0.6) is 0 Å². The van der Waals surface area contributed by atoms with Gasteiger partial charge in [0.05, 0.1) is 17.6 Å². The predicted octanol–water partition coefficient (Wildman–Crippen LogP) is 2.17. The summed E-state index contributed by atoms with van der Waals surface area (Å²) >= 11 is 0. The van der Waals surface area contributed by atoms with Gasteiger partial charge in [-0.2, -0.15) is 5.10 Å². The van der Waals surface area contributed by atoms with Crippen LogP contribution in [0.4, 0.5) is 0 Å². The van der Waals surface area contributed by atoms with Gasteiger partial charge >= 0.3 is 0 Å². The topological polar surface area (TPSA) is 43.6 Å². The maximum absolute atomic E-state index is 4.32. The lowest BCUT2D eigenvalue weighted by atomic mass is 9.88. The summed E-state index contributed by atoms with van der Waals surface area (Å²) in [5.41, 5.74) is 3.24. The first-order chi connectivity index (χ1) is 7.50. The number of aromatic nitrogens is 4. The monoisotopic (exact) mass is 216 g/mol. The molecule has 2 heterocycles. The van der Waals surface area contributed by atoms with Crippen molar-refractivity contribution in [1.29, 1.82) is 0 Å². The van der Waals surface area contributed by atoms with E-state index in [0.29, 0.717) is 0 Å². The molecule has 4 nitrogen and oxygen atoms in total. The van der Waals surface area contributed by atoms with Gasteiger partial charge in [0.2, 0.25) is 0 Å². The van der Waals surface area contributed by atoms with Crippen LogP contribution < -0.4 is 0 Å². The summed E-state index contributed by atoms with van der Waals surface area (Å²) in [6.45, 7) is 6.53. The van der Waals surface area contributed by atoms with Crippen molar-refractivity contribution in [3.63, 3.8) is 0 Å². The van der Waals surface area contributed by atoms with Crippen LogP contribution in [0.15, 0.2) is 24.8 Å². The molecule has 0 N–H and O–H groups in total. The summed E-state index contributed by atoms with van der Waals surface area (Å²) < 4.78 is 1.91. The first kappa shape index (κ1) is 10.8. The van der Waals surface area contributed by atoms with Gasteiger partial charge in [0.15, 0.2) is 0 Å². The van der Waals surface area contributed by atoms with Gasteiger partial charge in [0, 0.05) is 24.2 Å². The van der Waals surface area contributed by atoms with Crippen LogP contribution in [0.3, 0.4) is 0 Å². The molecule has 2 aromatic rings. The lowest BCUT2D eigenvalue weighted by Gasteiger charge is -2.20. The summed E-state index contributed by atoms with van der Waals surface area (Å²) in [6, 6.07) is 1.91. The molecule has 16 heavy (non-hydrogen) atoms. The van der Waals surface area contributed by atoms with E-state index in [1.165, 1.54) is 5.69 Å². The fourth-order valence-corrected chi connectivity index (χ4v) is 1.96. The molecule has 2 aromatic heterocycles. The largest absolute Gasteiger partial charge is 0.271 e. The van der Waals surface area contributed by atoms with Gasteiger partial charge in [-0.25, -0.2) is 9.97 Å². The van der Waals surface area contributed by atoms with Crippen LogP contribution in [0.25, 0.3) is 11.3 Å². The van der Waals surface area contributed by atoms with Crippen molar-refractivity contribution in [1.82, 2.24) is 19.7 Å². The fourth-order valence-electron chi connectivity index (χ4n) is 1.96. The number of nitrogens with zero attached hydrogens (tertiary/aromatic N) is 4. The van der Waals surface area contributed by atoms with Gasteiger partial charge in [0.1, 0.15) is 6.33 Å². The minimum absolute atomic E-state index is 0.0472. The van der Waals surface area contributed by atoms with E-state index in [1.54, 1.807) is 12.5 Å². The number of hydrogen-bond acceptors (Lipinski definition) is 3. The normalized spacial score (nSPS) is 11.8. The maximum Gasteiger partial charge on any atom is 0.116 e. The van der Waals surface area contributed by atoms with Crippen LogP contribution >= 0.6 is 0 Å². The van der Waals surface area contributed by atoms with Gasteiger partial charge in [-0.1, -0.05) is 20.8 Å². The average Bonchev–Trinajstić information content (AvgIpc) is 2.61. The Morgan fingerprint density at radius 2 is 2.00 bits per heavy atom. The molecule has 0 aliphatic carbocycles. The standard InChI is InChI=1S/C12H16N4/c1-12(2,3)11-9(7-15-16(11)4)10-5-6-13-8-14-10/h5-8H,1-4H3. The lowest BCUT2D eigenvalue weighted by Crippen LogP contribution is -2.17. The Balaban J connectivity index is 2.60. The molecule has 0 spiro atoms. The molecular formula is C12H16N4. The van der Waals surface area contributed by atoms with Gasteiger partial charge < -0.3 is 0 Å². The highest BCUT2D eigenvalue weighted by atomic mass is 15.3. The maximum atomic E-state index is 4.32. The smallest absolute Gasteiger partial charge is 0.116 e. The van der Waals surface area contributed by atoms with Gasteiger partial charge in [0.25, 0.3) is 0 Å². The SMILES string of the molecule is Cn1ncc(-c2ccncn2)c1C(C)(C)C. The Morgan fingerprint density at radius 3 is 2.56 bits per heavy atom. The van der Waals surface area contributed by atoms with Crippen molar-refractivity contribution >= 4 is 0 Å². The van der Waals surface area contributed by atoms with Gasteiger partial charge in [-0.05, 0) is 6.07 Å². The molecule has 0 aromatic carbocycles. The van der Waals surface area contributed by atoms with Crippen LogP contribution in [0, 0.1) is 0 Å². The third-order valence-electron chi connectivity index (χ3n) is 2.51. The van der Waals surface area contributed by atoms with E-state index in [1.807, 2.05) is 24.0 Å². The molecule has 0 saturated heterocycles. The quantitative estimate of drug-likeness (QED) is 0.733. The third kappa shape index (κ3) is 1.83. The second-order valence-electron chi connectivity index (χ2n) is 4.88. The van der Waals surface area contributed by atoms with E-state index in [9.17, 15) is 0 Å². The molecule has 0 radical (unpaired) electrons. The summed E-state index contributed by atoms with van der Waals surface area (Å²) in [5.74, 6) is 0. The molecule has 0 unspecified atom stereocenters. The van der Waals surface area contributed by atoms with Crippen LogP contribution in [0.1, 0.15) is 26.5 Å². The Bertz CT molecular complexity index is 479. The number of hydrogen-bond donors (Lipinski definition) is 0. The Labute approximate surface area is 95.4 Å². The number of aryl methyl sites for hydroxylation is 1. The average molecular weight is 216 g/mol. The molecule has 0 atom stereocenters. The highest BCUT2D eigenvalue weighted by molar-refractivity contribution is 5.62. The zero-order valence-electron chi connectivity index (χ0n) is 10.1. The lowest BCUT2D eigenvalue weighted by molar-refractivity contribution is 0.524. The molecule has 0 aliphatic heterocycles. The molecular weight excluding hydrogens is 200 g/mol. The van der Waals surface area contributed by atoms with E-state index in [0.717, 1.165) is 11.3 Å². The molecule has 0 saturated carbocycles. The molecule has 0 amide bonds. The van der Waals surface area contributed by atoms with Crippen molar-refractivity contribution in [3.05, 3.63) is 30.5 Å². The predicted molar refractivity (Wildman–Crippen MR) is 62.9 cm³/mol. The number of rotatable bonds is 1. The van der Waals surface area contributed by atoms with E-state index in [-0.39, 0.29) is 5.41 Å². The first-order valence-corrected chi connectivity index (χ1v) is 5.29. The summed E-state index contributed by atoms with van der Waals surface area (Å²) in [4.78, 5) is 8.20. The Hall–Kier alpha value is -1.71. The highest BCUT2D eigenvalue weighted by Crippen LogP contribution is 2.30. The third-order valence-corrected chi connectivity index (χ3v) is 2.51. The van der Waals surface area contributed by atoms with Crippen LogP contribution in [-0.4, -0.2) is 19.7 Å². The fraction of sp³-hybridized carbons (Fsp3) is 0.417. The molecule has 0 fully saturated rings. The van der Waals surface area contributed by atoms with E-state index in [2.05, 4.69) is 35.8 Å². The minimum Gasteiger partial charge on any atom is -0.271 e. The van der Waals surface area contributed by atoms with Crippen molar-refractivity contribution in [2.75, 3.05) is 0 Å². The zero-order chi connectivity index (χ0) is 11.8. The minimum atomic E-state index is 0.0472. The van der Waals surface area contributed by atoms with Crippen molar-refractivity contribution < 1.29 is 0 Å². The van der Waals surface area contributed by atoms with Gasteiger partial charge in [-0.3, -0.25) is 4.68 Å². The first-order valence-electron chi connectivity index (χ1n) is 5.29.